The van der Waals surface area contributed by atoms with Crippen LogP contribution in [0.2, 0.25) is 5.02 Å². The smallest absolute Gasteiger partial charge is 0.273 e. The zero-order valence-corrected chi connectivity index (χ0v) is 19.3. The van der Waals surface area contributed by atoms with Crippen LogP contribution in [-0.2, 0) is 6.54 Å². The molecule has 0 unspecified atom stereocenters. The van der Waals surface area contributed by atoms with E-state index < -0.39 is 0 Å². The van der Waals surface area contributed by atoms with Gasteiger partial charge in [0.1, 0.15) is 0 Å². The van der Waals surface area contributed by atoms with Crippen molar-refractivity contribution < 1.29 is 14.1 Å². The molecule has 1 amide bonds. The molecule has 1 saturated carbocycles. The largest absolute Gasteiger partial charge is 0.359 e. The fourth-order valence-electron chi connectivity index (χ4n) is 4.06. The average molecular weight is 476 g/mol. The van der Waals surface area contributed by atoms with E-state index in [9.17, 15) is 14.4 Å². The highest BCUT2D eigenvalue weighted by Crippen LogP contribution is 2.33. The van der Waals surface area contributed by atoms with Gasteiger partial charge in [0.05, 0.1) is 12.2 Å². The van der Waals surface area contributed by atoms with E-state index in [1.807, 2.05) is 30.3 Å². The van der Waals surface area contributed by atoms with Gasteiger partial charge >= 0.3 is 0 Å². The minimum Gasteiger partial charge on any atom is -0.359 e. The van der Waals surface area contributed by atoms with E-state index in [1.165, 1.54) is 10.6 Å². The number of hydrogen-bond donors (Lipinski definition) is 1. The predicted molar refractivity (Wildman–Crippen MR) is 129 cm³/mol. The summed E-state index contributed by atoms with van der Waals surface area (Å²) in [6.07, 6.45) is 2.12. The van der Waals surface area contributed by atoms with Gasteiger partial charge in [-0.3, -0.25) is 19.0 Å². The first kappa shape index (κ1) is 22.1. The second-order valence-electron chi connectivity index (χ2n) is 8.37. The van der Waals surface area contributed by atoms with E-state index in [0.29, 0.717) is 27.1 Å². The number of Topliss-reactive ketones (excluding diaryl/α,β-unsaturated/α-hetero) is 1. The maximum atomic E-state index is 13.6. The number of carbonyl (C=O) groups is 2. The Bertz CT molecular complexity index is 1470. The molecule has 34 heavy (non-hydrogen) atoms. The van der Waals surface area contributed by atoms with Gasteiger partial charge < -0.3 is 9.84 Å². The van der Waals surface area contributed by atoms with Crippen LogP contribution in [-0.4, -0.2) is 27.5 Å². The average Bonchev–Trinajstić information content (AvgIpc) is 3.53. The summed E-state index contributed by atoms with van der Waals surface area (Å²) in [7, 11) is 0. The molecule has 8 heteroatoms. The van der Waals surface area contributed by atoms with E-state index in [2.05, 4.69) is 10.5 Å². The van der Waals surface area contributed by atoms with Gasteiger partial charge in [0.2, 0.25) is 0 Å². The van der Waals surface area contributed by atoms with Gasteiger partial charge in [-0.1, -0.05) is 54.0 Å². The SMILES string of the molecule is CCC(=O)c1c(-c2ccccc2)c2cc(Cl)ccc2c(=O)n1Cc1cc(C(=O)NC2CC2)no1. The fraction of sp³-hybridized carbons (Fsp3) is 0.231. The number of aromatic nitrogens is 2. The first-order valence-electron chi connectivity index (χ1n) is 11.2. The first-order chi connectivity index (χ1) is 16.5. The van der Waals surface area contributed by atoms with E-state index in [0.717, 1.165) is 18.4 Å². The standard InChI is InChI=1S/C26H22ClN3O4/c1-2-22(31)24-23(15-6-4-3-5-7-15)20-12-16(27)8-11-19(20)26(33)30(24)14-18-13-21(29-34-18)25(32)28-17-9-10-17/h3-8,11-13,17H,2,9-10,14H2,1H3,(H,28,32). The summed E-state index contributed by atoms with van der Waals surface area (Å²) in [5.41, 5.74) is 1.50. The second-order valence-corrected chi connectivity index (χ2v) is 8.81. The molecule has 1 N–H and O–H groups in total. The minimum atomic E-state index is -0.344. The molecule has 0 saturated heterocycles. The molecule has 0 aliphatic heterocycles. The van der Waals surface area contributed by atoms with Crippen molar-refractivity contribution in [1.82, 2.24) is 15.0 Å². The Morgan fingerprint density at radius 1 is 1.12 bits per heavy atom. The van der Waals surface area contributed by atoms with Crippen molar-refractivity contribution >= 4 is 34.1 Å². The second kappa shape index (κ2) is 8.91. The molecule has 2 aromatic heterocycles. The number of carbonyl (C=O) groups excluding carboxylic acids is 2. The summed E-state index contributed by atoms with van der Waals surface area (Å²) in [5, 5.41) is 8.24. The van der Waals surface area contributed by atoms with Gasteiger partial charge in [0, 0.05) is 34.5 Å². The van der Waals surface area contributed by atoms with Gasteiger partial charge in [0.25, 0.3) is 11.5 Å². The third kappa shape index (κ3) is 4.15. The number of ketones is 1. The normalized spacial score (nSPS) is 13.2. The maximum Gasteiger partial charge on any atom is 0.273 e. The molecule has 7 nitrogen and oxygen atoms in total. The number of fused-ring (bicyclic) bond motifs is 1. The van der Waals surface area contributed by atoms with Crippen LogP contribution in [0.1, 0.15) is 52.9 Å². The highest BCUT2D eigenvalue weighted by atomic mass is 35.5. The summed E-state index contributed by atoms with van der Waals surface area (Å²) in [5.74, 6) is -0.197. The zero-order chi connectivity index (χ0) is 23.8. The van der Waals surface area contributed by atoms with Gasteiger partial charge in [-0.15, -0.1) is 0 Å². The fourth-order valence-corrected chi connectivity index (χ4v) is 4.23. The van der Waals surface area contributed by atoms with Crippen LogP contribution in [0.5, 0.6) is 0 Å². The lowest BCUT2D eigenvalue weighted by Gasteiger charge is -2.18. The monoisotopic (exact) mass is 475 g/mol. The van der Waals surface area contributed by atoms with E-state index in [-0.39, 0.29) is 47.6 Å². The molecule has 5 rings (SSSR count). The summed E-state index contributed by atoms with van der Waals surface area (Å²) < 4.78 is 6.80. The molecule has 1 aliphatic carbocycles. The van der Waals surface area contributed by atoms with Gasteiger partial charge in [-0.05, 0) is 42.0 Å². The quantitative estimate of drug-likeness (QED) is 0.386. The van der Waals surface area contributed by atoms with Crippen molar-refractivity contribution in [2.45, 2.75) is 38.8 Å². The Kier molecular flexibility index (Phi) is 5.79. The molecule has 4 aromatic rings. The van der Waals surface area contributed by atoms with Crippen LogP contribution < -0.4 is 10.9 Å². The summed E-state index contributed by atoms with van der Waals surface area (Å²) in [4.78, 5) is 39.2. The molecule has 1 aliphatic rings. The van der Waals surface area contributed by atoms with E-state index in [4.69, 9.17) is 16.1 Å². The number of pyridine rings is 1. The van der Waals surface area contributed by atoms with Crippen LogP contribution in [0.3, 0.4) is 0 Å². The number of nitrogens with one attached hydrogen (secondary N) is 1. The van der Waals surface area contributed by atoms with Crippen LogP contribution in [0.15, 0.2) is 63.9 Å². The Morgan fingerprint density at radius 3 is 2.59 bits per heavy atom. The number of halogens is 1. The molecule has 0 radical (unpaired) electrons. The van der Waals surface area contributed by atoms with Crippen molar-refractivity contribution in [3.8, 4) is 11.1 Å². The van der Waals surface area contributed by atoms with E-state index >= 15 is 0 Å². The predicted octanol–water partition coefficient (Wildman–Crippen LogP) is 4.84. The number of nitrogens with zero attached hydrogens (tertiary/aromatic N) is 2. The molecular weight excluding hydrogens is 454 g/mol. The lowest BCUT2D eigenvalue weighted by atomic mass is 9.94. The molecule has 172 valence electrons. The number of benzene rings is 2. The van der Waals surface area contributed by atoms with Crippen LogP contribution in [0.25, 0.3) is 21.9 Å². The highest BCUT2D eigenvalue weighted by molar-refractivity contribution is 6.31. The van der Waals surface area contributed by atoms with Crippen LogP contribution in [0, 0.1) is 0 Å². The van der Waals surface area contributed by atoms with E-state index in [1.54, 1.807) is 25.1 Å². The third-order valence-electron chi connectivity index (χ3n) is 5.90. The molecule has 0 bridgehead atoms. The Hall–Kier alpha value is -3.71. The van der Waals surface area contributed by atoms with Crippen molar-refractivity contribution in [3.05, 3.63) is 87.1 Å². The number of amides is 1. The zero-order valence-electron chi connectivity index (χ0n) is 18.5. The van der Waals surface area contributed by atoms with Crippen molar-refractivity contribution in [2.75, 3.05) is 0 Å². The number of rotatable bonds is 7. The van der Waals surface area contributed by atoms with Gasteiger partial charge in [-0.2, -0.15) is 0 Å². The first-order valence-corrected chi connectivity index (χ1v) is 11.5. The minimum absolute atomic E-state index is 0.0397. The molecular formula is C26H22ClN3O4. The van der Waals surface area contributed by atoms with Crippen LogP contribution >= 0.6 is 11.6 Å². The highest BCUT2D eigenvalue weighted by Gasteiger charge is 2.26. The lowest BCUT2D eigenvalue weighted by molar-refractivity contribution is 0.0940. The molecule has 2 heterocycles. The molecule has 2 aromatic carbocycles. The van der Waals surface area contributed by atoms with Crippen molar-refractivity contribution in [1.29, 1.82) is 0 Å². The van der Waals surface area contributed by atoms with Gasteiger partial charge in [-0.25, -0.2) is 0 Å². The number of hydrogen-bond acceptors (Lipinski definition) is 5. The Labute approximate surface area is 200 Å². The summed E-state index contributed by atoms with van der Waals surface area (Å²) in [6.45, 7) is 1.71. The Morgan fingerprint density at radius 2 is 1.88 bits per heavy atom. The topological polar surface area (TPSA) is 94.2 Å². The van der Waals surface area contributed by atoms with Gasteiger partial charge in [0.15, 0.2) is 17.2 Å². The third-order valence-corrected chi connectivity index (χ3v) is 6.13. The van der Waals surface area contributed by atoms with Crippen molar-refractivity contribution in [3.63, 3.8) is 0 Å². The summed E-state index contributed by atoms with van der Waals surface area (Å²) >= 11 is 6.28. The lowest BCUT2D eigenvalue weighted by Crippen LogP contribution is -2.28. The molecule has 0 atom stereocenters. The summed E-state index contributed by atoms with van der Waals surface area (Å²) in [6, 6.07) is 16.2. The maximum absolute atomic E-state index is 13.6. The van der Waals surface area contributed by atoms with Crippen LogP contribution in [0.4, 0.5) is 0 Å². The Balaban J connectivity index is 1.70. The van der Waals surface area contributed by atoms with Crippen molar-refractivity contribution in [2.24, 2.45) is 0 Å². The molecule has 0 spiro atoms. The molecule has 1 fully saturated rings.